The Balaban J connectivity index is 1.63. The smallest absolute Gasteiger partial charge is 0.254 e. The minimum absolute atomic E-state index is 0.0525. The number of hydrogen-bond acceptors (Lipinski definition) is 5. The highest BCUT2D eigenvalue weighted by atomic mass is 32.2. The number of carbonyl (C=O) groups is 1. The number of ether oxygens (including phenoxy) is 1. The predicted molar refractivity (Wildman–Crippen MR) is 78.1 cm³/mol. The first-order valence-electron chi connectivity index (χ1n) is 7.01. The van der Waals surface area contributed by atoms with E-state index in [1.807, 2.05) is 11.8 Å². The van der Waals surface area contributed by atoms with E-state index in [0.717, 1.165) is 38.5 Å². The van der Waals surface area contributed by atoms with Gasteiger partial charge in [-0.1, -0.05) is 0 Å². The Morgan fingerprint density at radius 2 is 2.30 bits per heavy atom. The third-order valence-corrected chi connectivity index (χ3v) is 5.36. The molecular weight excluding hydrogens is 276 g/mol. The molecule has 0 saturated carbocycles. The summed E-state index contributed by atoms with van der Waals surface area (Å²) in [7, 11) is 0. The third-order valence-electron chi connectivity index (χ3n) is 4.13. The van der Waals surface area contributed by atoms with Crippen LogP contribution in [-0.2, 0) is 4.74 Å². The summed E-state index contributed by atoms with van der Waals surface area (Å²) in [5.41, 5.74) is 0.682. The van der Waals surface area contributed by atoms with Crippen LogP contribution in [0.5, 0.6) is 0 Å². The van der Waals surface area contributed by atoms with Gasteiger partial charge >= 0.3 is 0 Å². The molecule has 0 spiro atoms. The lowest BCUT2D eigenvalue weighted by Crippen LogP contribution is -2.59. The molecule has 1 atom stereocenters. The number of morpholine rings is 1. The standard InChI is InChI=1S/C14H20N2O3S/c17-13(12-1-5-19-9-12)15-10-14(2-8-20-11-14)16-3-6-18-7-4-16/h1,5,9H,2-4,6-8,10-11H2,(H,15,17)/t14-/m1/s1. The summed E-state index contributed by atoms with van der Waals surface area (Å²) < 4.78 is 10.4. The maximum atomic E-state index is 12.1. The Bertz CT molecular complexity index is 437. The van der Waals surface area contributed by atoms with Crippen molar-refractivity contribution in [2.24, 2.45) is 0 Å². The van der Waals surface area contributed by atoms with Crippen LogP contribution in [0.2, 0.25) is 0 Å². The van der Waals surface area contributed by atoms with E-state index in [4.69, 9.17) is 9.15 Å². The maximum absolute atomic E-state index is 12.1. The second kappa shape index (κ2) is 6.20. The van der Waals surface area contributed by atoms with Gasteiger partial charge in [0.05, 0.1) is 25.0 Å². The van der Waals surface area contributed by atoms with E-state index >= 15 is 0 Å². The minimum Gasteiger partial charge on any atom is -0.472 e. The molecule has 1 N–H and O–H groups in total. The topological polar surface area (TPSA) is 54.7 Å². The van der Waals surface area contributed by atoms with Gasteiger partial charge < -0.3 is 14.5 Å². The number of thioether (sulfide) groups is 1. The van der Waals surface area contributed by atoms with Crippen LogP contribution in [0.25, 0.3) is 0 Å². The molecule has 2 saturated heterocycles. The number of carbonyl (C=O) groups excluding carboxylic acids is 1. The molecule has 2 fully saturated rings. The first-order chi connectivity index (χ1) is 9.80. The summed E-state index contributed by atoms with van der Waals surface area (Å²) in [6.45, 7) is 4.21. The number of hydrogen-bond donors (Lipinski definition) is 1. The molecule has 3 rings (SSSR count). The van der Waals surface area contributed by atoms with E-state index in [2.05, 4.69) is 10.2 Å². The van der Waals surface area contributed by atoms with Crippen LogP contribution in [0, 0.1) is 0 Å². The van der Waals surface area contributed by atoms with E-state index in [1.54, 1.807) is 6.07 Å². The Labute approximate surface area is 123 Å². The monoisotopic (exact) mass is 296 g/mol. The van der Waals surface area contributed by atoms with E-state index in [-0.39, 0.29) is 11.4 Å². The molecule has 2 aliphatic heterocycles. The zero-order chi connectivity index (χ0) is 13.8. The second-order valence-corrected chi connectivity index (χ2v) is 6.43. The van der Waals surface area contributed by atoms with Crippen LogP contribution in [0.15, 0.2) is 23.0 Å². The SMILES string of the molecule is O=C(NC[C@]1(N2CCOCC2)CCSC1)c1ccoc1. The summed E-state index contributed by atoms with van der Waals surface area (Å²) in [5, 5.41) is 3.07. The summed E-state index contributed by atoms with van der Waals surface area (Å²) in [6.07, 6.45) is 4.14. The van der Waals surface area contributed by atoms with Gasteiger partial charge in [-0.3, -0.25) is 9.69 Å². The molecule has 1 aromatic heterocycles. The van der Waals surface area contributed by atoms with Gasteiger partial charge in [-0.2, -0.15) is 11.8 Å². The molecule has 2 aliphatic rings. The molecule has 1 aromatic rings. The van der Waals surface area contributed by atoms with Gasteiger partial charge in [0.15, 0.2) is 0 Å². The van der Waals surface area contributed by atoms with Crippen molar-refractivity contribution in [3.05, 3.63) is 24.2 Å². The van der Waals surface area contributed by atoms with Crippen molar-refractivity contribution in [1.29, 1.82) is 0 Å². The minimum atomic E-state index is -0.0525. The zero-order valence-electron chi connectivity index (χ0n) is 11.5. The fourth-order valence-electron chi connectivity index (χ4n) is 2.88. The Kier molecular flexibility index (Phi) is 4.33. The van der Waals surface area contributed by atoms with Crippen molar-refractivity contribution in [3.63, 3.8) is 0 Å². The molecule has 0 aliphatic carbocycles. The normalized spacial score (nSPS) is 27.6. The second-order valence-electron chi connectivity index (χ2n) is 5.32. The lowest BCUT2D eigenvalue weighted by molar-refractivity contribution is -0.0129. The van der Waals surface area contributed by atoms with Crippen LogP contribution in [0.1, 0.15) is 16.8 Å². The molecular formula is C14H20N2O3S. The lowest BCUT2D eigenvalue weighted by atomic mass is 9.95. The number of furan rings is 1. The molecule has 0 bridgehead atoms. The number of nitrogens with one attached hydrogen (secondary N) is 1. The van der Waals surface area contributed by atoms with E-state index in [9.17, 15) is 4.79 Å². The molecule has 1 amide bonds. The number of amides is 1. The highest BCUT2D eigenvalue weighted by Gasteiger charge is 2.40. The van der Waals surface area contributed by atoms with Crippen LogP contribution < -0.4 is 5.32 Å². The summed E-state index contributed by atoms with van der Waals surface area (Å²) in [6, 6.07) is 1.69. The first-order valence-corrected chi connectivity index (χ1v) is 8.17. The average molecular weight is 296 g/mol. The van der Waals surface area contributed by atoms with Crippen LogP contribution in [-0.4, -0.2) is 60.7 Å². The molecule has 6 heteroatoms. The summed E-state index contributed by atoms with van der Waals surface area (Å²) in [5.74, 6) is 2.20. The predicted octanol–water partition coefficient (Wildman–Crippen LogP) is 1.22. The van der Waals surface area contributed by atoms with Crippen molar-refractivity contribution in [1.82, 2.24) is 10.2 Å². The van der Waals surface area contributed by atoms with Crippen molar-refractivity contribution in [2.45, 2.75) is 12.0 Å². The van der Waals surface area contributed by atoms with Gasteiger partial charge in [0.2, 0.25) is 0 Å². The number of rotatable bonds is 4. The average Bonchev–Trinajstić information content (AvgIpc) is 3.18. The molecule has 20 heavy (non-hydrogen) atoms. The van der Waals surface area contributed by atoms with Crippen molar-refractivity contribution in [3.8, 4) is 0 Å². The van der Waals surface area contributed by atoms with E-state index in [1.165, 1.54) is 18.3 Å². The van der Waals surface area contributed by atoms with Crippen molar-refractivity contribution < 1.29 is 13.9 Å². The fourth-order valence-corrected chi connectivity index (χ4v) is 4.35. The highest BCUT2D eigenvalue weighted by Crippen LogP contribution is 2.33. The Hall–Kier alpha value is -0.980. The molecule has 3 heterocycles. The Morgan fingerprint density at radius 3 is 2.95 bits per heavy atom. The largest absolute Gasteiger partial charge is 0.472 e. The van der Waals surface area contributed by atoms with Gasteiger partial charge in [-0.15, -0.1) is 0 Å². The third kappa shape index (κ3) is 2.87. The van der Waals surface area contributed by atoms with Crippen LogP contribution >= 0.6 is 11.8 Å². The molecule has 5 nitrogen and oxygen atoms in total. The van der Waals surface area contributed by atoms with Crippen LogP contribution in [0.3, 0.4) is 0 Å². The quantitative estimate of drug-likeness (QED) is 0.905. The molecule has 110 valence electrons. The summed E-state index contributed by atoms with van der Waals surface area (Å²) >= 11 is 1.97. The molecule has 0 radical (unpaired) electrons. The van der Waals surface area contributed by atoms with Gasteiger partial charge in [-0.25, -0.2) is 0 Å². The molecule has 0 unspecified atom stereocenters. The van der Waals surface area contributed by atoms with Crippen molar-refractivity contribution in [2.75, 3.05) is 44.4 Å². The fraction of sp³-hybridized carbons (Fsp3) is 0.643. The summed E-state index contributed by atoms with van der Waals surface area (Å²) in [4.78, 5) is 14.6. The van der Waals surface area contributed by atoms with Crippen molar-refractivity contribution >= 4 is 17.7 Å². The molecule has 0 aromatic carbocycles. The van der Waals surface area contributed by atoms with E-state index in [0.29, 0.717) is 12.1 Å². The van der Waals surface area contributed by atoms with Gasteiger partial charge in [-0.05, 0) is 18.2 Å². The lowest BCUT2D eigenvalue weighted by Gasteiger charge is -2.43. The highest BCUT2D eigenvalue weighted by molar-refractivity contribution is 7.99. The number of nitrogens with zero attached hydrogens (tertiary/aromatic N) is 1. The van der Waals surface area contributed by atoms with Gasteiger partial charge in [0.1, 0.15) is 6.26 Å². The van der Waals surface area contributed by atoms with Crippen LogP contribution in [0.4, 0.5) is 0 Å². The van der Waals surface area contributed by atoms with Gasteiger partial charge in [0.25, 0.3) is 5.91 Å². The zero-order valence-corrected chi connectivity index (χ0v) is 12.3. The van der Waals surface area contributed by atoms with Gasteiger partial charge in [0, 0.05) is 30.9 Å². The maximum Gasteiger partial charge on any atom is 0.254 e. The van der Waals surface area contributed by atoms with E-state index < -0.39 is 0 Å². The Morgan fingerprint density at radius 1 is 1.45 bits per heavy atom. The first kappa shape index (κ1) is 14.0.